The van der Waals surface area contributed by atoms with Crippen molar-refractivity contribution in [3.05, 3.63) is 34.3 Å². The molecule has 3 nitrogen and oxygen atoms in total. The lowest BCUT2D eigenvalue weighted by Gasteiger charge is -2.26. The molecule has 0 fully saturated rings. The van der Waals surface area contributed by atoms with Crippen molar-refractivity contribution in [2.45, 2.75) is 39.0 Å². The van der Waals surface area contributed by atoms with Gasteiger partial charge in [-0.2, -0.15) is 0 Å². The van der Waals surface area contributed by atoms with Gasteiger partial charge in [0.1, 0.15) is 5.78 Å². The van der Waals surface area contributed by atoms with Gasteiger partial charge in [-0.25, -0.2) is 0 Å². The van der Waals surface area contributed by atoms with Gasteiger partial charge in [-0.15, -0.1) is 0 Å². The molecule has 104 valence electrons. The summed E-state index contributed by atoms with van der Waals surface area (Å²) in [6, 6.07) is 8.07. The van der Waals surface area contributed by atoms with Crippen molar-refractivity contribution in [3.8, 4) is 0 Å². The van der Waals surface area contributed by atoms with E-state index in [1.165, 1.54) is 6.92 Å². The molecule has 0 bridgehead atoms. The van der Waals surface area contributed by atoms with Gasteiger partial charge in [0.15, 0.2) is 0 Å². The molecular weight excluding hydrogens is 306 g/mol. The van der Waals surface area contributed by atoms with E-state index in [0.29, 0.717) is 13.0 Å². The third-order valence-electron chi connectivity index (χ3n) is 3.04. The van der Waals surface area contributed by atoms with Crippen LogP contribution in [0, 0.1) is 0 Å². The maximum absolute atomic E-state index is 11.6. The Labute approximate surface area is 122 Å². The fourth-order valence-corrected chi connectivity index (χ4v) is 2.11. The van der Waals surface area contributed by atoms with E-state index in [2.05, 4.69) is 41.2 Å². The Kier molecular flexibility index (Phi) is 5.73. The van der Waals surface area contributed by atoms with Gasteiger partial charge in [0.05, 0.1) is 0 Å². The van der Waals surface area contributed by atoms with Crippen LogP contribution >= 0.6 is 15.9 Å². The first-order valence-corrected chi connectivity index (χ1v) is 7.13. The number of amides is 1. The van der Waals surface area contributed by atoms with E-state index < -0.39 is 0 Å². The average molecular weight is 326 g/mol. The Hall–Kier alpha value is -1.16. The Balaban J connectivity index is 2.55. The van der Waals surface area contributed by atoms with Gasteiger partial charge < -0.3 is 10.1 Å². The van der Waals surface area contributed by atoms with E-state index in [1.807, 2.05) is 18.2 Å². The van der Waals surface area contributed by atoms with Crippen LogP contribution in [0.15, 0.2) is 28.7 Å². The predicted octanol–water partition coefficient (Wildman–Crippen LogP) is 3.21. The Morgan fingerprint density at radius 3 is 2.53 bits per heavy atom. The summed E-state index contributed by atoms with van der Waals surface area (Å²) in [5, 5.41) is 2.89. The van der Waals surface area contributed by atoms with Gasteiger partial charge >= 0.3 is 0 Å². The van der Waals surface area contributed by atoms with Crippen LogP contribution in [0.1, 0.15) is 39.2 Å². The van der Waals surface area contributed by atoms with E-state index in [1.54, 1.807) is 0 Å². The lowest BCUT2D eigenvalue weighted by atomic mass is 9.84. The molecule has 4 heteroatoms. The topological polar surface area (TPSA) is 46.2 Å². The molecular formula is C15H20BrNO2. The first-order chi connectivity index (χ1) is 8.81. The van der Waals surface area contributed by atoms with Crippen molar-refractivity contribution < 1.29 is 9.59 Å². The van der Waals surface area contributed by atoms with Gasteiger partial charge in [-0.3, -0.25) is 4.79 Å². The van der Waals surface area contributed by atoms with Gasteiger partial charge in [-0.1, -0.05) is 41.9 Å². The summed E-state index contributed by atoms with van der Waals surface area (Å²) in [6.07, 6.45) is 0.576. The maximum Gasteiger partial charge on any atom is 0.220 e. The van der Waals surface area contributed by atoms with Crippen LogP contribution in [0.5, 0.6) is 0 Å². The van der Waals surface area contributed by atoms with E-state index in [4.69, 9.17) is 0 Å². The summed E-state index contributed by atoms with van der Waals surface area (Å²) in [7, 11) is 0. The van der Waals surface area contributed by atoms with Crippen LogP contribution in [-0.2, 0) is 15.0 Å². The molecule has 0 spiro atoms. The average Bonchev–Trinajstić information content (AvgIpc) is 2.34. The first-order valence-electron chi connectivity index (χ1n) is 6.33. The van der Waals surface area contributed by atoms with Crippen molar-refractivity contribution in [1.29, 1.82) is 0 Å². The normalized spacial score (nSPS) is 11.2. The zero-order valence-corrected chi connectivity index (χ0v) is 13.2. The number of hydrogen-bond donors (Lipinski definition) is 1. The van der Waals surface area contributed by atoms with Gasteiger partial charge in [0.2, 0.25) is 5.91 Å². The zero-order chi connectivity index (χ0) is 14.5. The van der Waals surface area contributed by atoms with Crippen molar-refractivity contribution in [3.63, 3.8) is 0 Å². The second kappa shape index (κ2) is 6.85. The summed E-state index contributed by atoms with van der Waals surface area (Å²) in [6.45, 7) is 6.22. The minimum Gasteiger partial charge on any atom is -0.355 e. The molecule has 0 aliphatic rings. The lowest BCUT2D eigenvalue weighted by molar-refractivity contribution is -0.124. The molecule has 1 rings (SSSR count). The van der Waals surface area contributed by atoms with Crippen LogP contribution in [-0.4, -0.2) is 18.2 Å². The number of carbonyl (C=O) groups excluding carboxylic acids is 2. The molecule has 0 radical (unpaired) electrons. The maximum atomic E-state index is 11.6. The van der Waals surface area contributed by atoms with Crippen molar-refractivity contribution in [1.82, 2.24) is 5.32 Å². The van der Waals surface area contributed by atoms with Crippen LogP contribution in [0.25, 0.3) is 0 Å². The Morgan fingerprint density at radius 1 is 1.26 bits per heavy atom. The van der Waals surface area contributed by atoms with Crippen molar-refractivity contribution in [2.24, 2.45) is 0 Å². The molecule has 1 amide bonds. The molecule has 0 aromatic heterocycles. The number of hydrogen-bond acceptors (Lipinski definition) is 2. The van der Waals surface area contributed by atoms with Crippen LogP contribution < -0.4 is 5.32 Å². The molecule has 1 aromatic rings. The summed E-state index contributed by atoms with van der Waals surface area (Å²) in [4.78, 5) is 22.4. The fraction of sp³-hybridized carbons (Fsp3) is 0.467. The van der Waals surface area contributed by atoms with Crippen molar-refractivity contribution in [2.75, 3.05) is 6.54 Å². The number of Topliss-reactive ketones (excluding diaryl/α,β-unsaturated/α-hetero) is 1. The van der Waals surface area contributed by atoms with Gasteiger partial charge in [-0.05, 0) is 24.6 Å². The number of nitrogens with one attached hydrogen (secondary N) is 1. The SMILES string of the molecule is CC(=O)CCC(=O)NCC(C)(C)c1cccc(Br)c1. The Morgan fingerprint density at radius 2 is 1.95 bits per heavy atom. The monoisotopic (exact) mass is 325 g/mol. The van der Waals surface area contributed by atoms with Crippen LogP contribution in [0.4, 0.5) is 0 Å². The van der Waals surface area contributed by atoms with E-state index >= 15 is 0 Å². The standard InChI is InChI=1S/C15H20BrNO2/c1-11(18)7-8-14(19)17-10-15(2,3)12-5-4-6-13(16)9-12/h4-6,9H,7-8,10H2,1-3H3,(H,17,19). The number of carbonyl (C=O) groups is 2. The van der Waals surface area contributed by atoms with E-state index in [-0.39, 0.29) is 23.5 Å². The highest BCUT2D eigenvalue weighted by Gasteiger charge is 2.21. The summed E-state index contributed by atoms with van der Waals surface area (Å²) in [5.74, 6) is -0.0281. The number of ketones is 1. The van der Waals surface area contributed by atoms with Crippen LogP contribution in [0.2, 0.25) is 0 Å². The second-order valence-electron chi connectivity index (χ2n) is 5.37. The minimum atomic E-state index is -0.143. The minimum absolute atomic E-state index is 0.0430. The molecule has 19 heavy (non-hydrogen) atoms. The largest absolute Gasteiger partial charge is 0.355 e. The number of halogens is 1. The predicted molar refractivity (Wildman–Crippen MR) is 80.1 cm³/mol. The molecule has 1 N–H and O–H groups in total. The second-order valence-corrected chi connectivity index (χ2v) is 6.29. The molecule has 0 unspecified atom stereocenters. The molecule has 1 aromatic carbocycles. The van der Waals surface area contributed by atoms with E-state index in [9.17, 15) is 9.59 Å². The third kappa shape index (κ3) is 5.55. The third-order valence-corrected chi connectivity index (χ3v) is 3.53. The quantitative estimate of drug-likeness (QED) is 0.872. The summed E-state index contributed by atoms with van der Waals surface area (Å²) in [5.41, 5.74) is 1.02. The number of benzene rings is 1. The molecule has 0 saturated heterocycles. The molecule has 0 heterocycles. The van der Waals surface area contributed by atoms with E-state index in [0.717, 1.165) is 10.0 Å². The molecule has 0 atom stereocenters. The van der Waals surface area contributed by atoms with Crippen LogP contribution in [0.3, 0.4) is 0 Å². The highest BCUT2D eigenvalue weighted by atomic mass is 79.9. The van der Waals surface area contributed by atoms with Crippen molar-refractivity contribution >= 4 is 27.6 Å². The highest BCUT2D eigenvalue weighted by molar-refractivity contribution is 9.10. The Bertz CT molecular complexity index is 469. The summed E-state index contributed by atoms with van der Waals surface area (Å²) >= 11 is 3.45. The first kappa shape index (κ1) is 15.9. The molecule has 0 saturated carbocycles. The molecule has 0 aliphatic heterocycles. The lowest BCUT2D eigenvalue weighted by Crippen LogP contribution is -2.36. The smallest absolute Gasteiger partial charge is 0.220 e. The number of rotatable bonds is 6. The fourth-order valence-electron chi connectivity index (χ4n) is 1.71. The van der Waals surface area contributed by atoms with Gasteiger partial charge in [0, 0.05) is 29.3 Å². The zero-order valence-electron chi connectivity index (χ0n) is 11.6. The summed E-state index contributed by atoms with van der Waals surface area (Å²) < 4.78 is 1.03. The van der Waals surface area contributed by atoms with Gasteiger partial charge in [0.25, 0.3) is 0 Å². The highest BCUT2D eigenvalue weighted by Crippen LogP contribution is 2.25. The molecule has 0 aliphatic carbocycles.